The van der Waals surface area contributed by atoms with Gasteiger partial charge in [0, 0.05) is 6.07 Å². The van der Waals surface area contributed by atoms with E-state index in [9.17, 15) is 26.7 Å². The van der Waals surface area contributed by atoms with Crippen LogP contribution in [-0.2, 0) is 6.18 Å². The number of hydrogen-bond acceptors (Lipinski definition) is 2. The van der Waals surface area contributed by atoms with Crippen LogP contribution in [0.25, 0.3) is 0 Å². The van der Waals surface area contributed by atoms with Gasteiger partial charge in [-0.15, -0.1) is 0 Å². The maximum absolute atomic E-state index is 13.0. The Bertz CT molecular complexity index is 799. The Hall–Kier alpha value is -2.55. The first-order valence-corrected chi connectivity index (χ1v) is 7.54. The molecule has 140 valence electrons. The number of urea groups is 1. The first kappa shape index (κ1) is 19.8. The van der Waals surface area contributed by atoms with Crippen LogP contribution < -0.4 is 15.4 Å². The van der Waals surface area contributed by atoms with E-state index in [1.807, 2.05) is 0 Å². The summed E-state index contributed by atoms with van der Waals surface area (Å²) >= 11 is 5.76. The monoisotopic (exact) mass is 394 g/mol. The summed E-state index contributed by atoms with van der Waals surface area (Å²) in [6.07, 6.45) is -4.57. The molecule has 0 unspecified atom stereocenters. The van der Waals surface area contributed by atoms with Gasteiger partial charge in [0.25, 0.3) is 0 Å². The summed E-state index contributed by atoms with van der Waals surface area (Å²) in [6, 6.07) is 4.66. The number of carbonyl (C=O) groups is 1. The Kier molecular flexibility index (Phi) is 6.25. The number of hydrogen-bond donors (Lipinski definition) is 2. The molecule has 0 aliphatic rings. The average molecular weight is 395 g/mol. The molecule has 2 N–H and O–H groups in total. The van der Waals surface area contributed by atoms with Crippen molar-refractivity contribution in [2.75, 3.05) is 18.5 Å². The molecule has 0 atom stereocenters. The lowest BCUT2D eigenvalue weighted by molar-refractivity contribution is -0.137. The first-order valence-electron chi connectivity index (χ1n) is 7.16. The molecule has 10 heteroatoms. The third-order valence-corrected chi connectivity index (χ3v) is 3.42. The van der Waals surface area contributed by atoms with E-state index >= 15 is 0 Å². The Balaban J connectivity index is 1.84. The van der Waals surface area contributed by atoms with Crippen molar-refractivity contribution >= 4 is 23.3 Å². The summed E-state index contributed by atoms with van der Waals surface area (Å²) in [5.74, 6) is -2.03. The molecule has 0 aromatic heterocycles. The van der Waals surface area contributed by atoms with Crippen LogP contribution in [0, 0.1) is 11.6 Å². The van der Waals surface area contributed by atoms with E-state index in [-0.39, 0.29) is 29.6 Å². The van der Waals surface area contributed by atoms with E-state index < -0.39 is 29.4 Å². The van der Waals surface area contributed by atoms with Crippen LogP contribution in [0.5, 0.6) is 5.75 Å². The second kappa shape index (κ2) is 8.22. The summed E-state index contributed by atoms with van der Waals surface area (Å²) in [5, 5.41) is 4.46. The number of halogens is 6. The molecule has 0 aliphatic heterocycles. The Morgan fingerprint density at radius 3 is 2.46 bits per heavy atom. The Labute approximate surface area is 149 Å². The average Bonchev–Trinajstić information content (AvgIpc) is 2.56. The third-order valence-electron chi connectivity index (χ3n) is 3.09. The summed E-state index contributed by atoms with van der Waals surface area (Å²) in [4.78, 5) is 11.7. The van der Waals surface area contributed by atoms with Crippen molar-refractivity contribution in [3.63, 3.8) is 0 Å². The fourth-order valence-electron chi connectivity index (χ4n) is 1.86. The second-order valence-corrected chi connectivity index (χ2v) is 5.40. The zero-order chi connectivity index (χ0) is 19.3. The highest BCUT2D eigenvalue weighted by Gasteiger charge is 2.31. The first-order chi connectivity index (χ1) is 12.2. The number of anilines is 1. The molecule has 26 heavy (non-hydrogen) atoms. The van der Waals surface area contributed by atoms with Gasteiger partial charge in [0.2, 0.25) is 0 Å². The van der Waals surface area contributed by atoms with Gasteiger partial charge in [-0.2, -0.15) is 13.2 Å². The fraction of sp³-hybridized carbons (Fsp3) is 0.188. The SMILES string of the molecule is O=C(NCCOc1ccc(F)c(F)c1)Nc1cc(C(F)(F)F)ccc1Cl. The van der Waals surface area contributed by atoms with Crippen LogP contribution in [0.15, 0.2) is 36.4 Å². The van der Waals surface area contributed by atoms with Gasteiger partial charge in [0.15, 0.2) is 11.6 Å². The van der Waals surface area contributed by atoms with Crippen molar-refractivity contribution in [1.29, 1.82) is 0 Å². The number of ether oxygens (including phenoxy) is 1. The number of nitrogens with one attached hydrogen (secondary N) is 2. The van der Waals surface area contributed by atoms with E-state index in [0.29, 0.717) is 6.07 Å². The van der Waals surface area contributed by atoms with E-state index in [4.69, 9.17) is 16.3 Å². The molecule has 0 aliphatic carbocycles. The highest BCUT2D eigenvalue weighted by Crippen LogP contribution is 2.33. The highest BCUT2D eigenvalue weighted by atomic mass is 35.5. The van der Waals surface area contributed by atoms with Crippen LogP contribution in [0.2, 0.25) is 5.02 Å². The minimum atomic E-state index is -4.57. The van der Waals surface area contributed by atoms with Gasteiger partial charge in [0.05, 0.1) is 22.8 Å². The molecule has 2 amide bonds. The quantitative estimate of drug-likeness (QED) is 0.563. The van der Waals surface area contributed by atoms with Gasteiger partial charge in [-0.1, -0.05) is 11.6 Å². The lowest BCUT2D eigenvalue weighted by Crippen LogP contribution is -2.32. The van der Waals surface area contributed by atoms with Crippen molar-refractivity contribution in [1.82, 2.24) is 5.32 Å². The predicted octanol–water partition coefficient (Wildman–Crippen LogP) is 4.84. The van der Waals surface area contributed by atoms with Crippen molar-refractivity contribution in [2.24, 2.45) is 0 Å². The summed E-state index contributed by atoms with van der Waals surface area (Å²) in [7, 11) is 0. The molecule has 0 saturated carbocycles. The van der Waals surface area contributed by atoms with Crippen molar-refractivity contribution in [3.8, 4) is 5.75 Å². The maximum atomic E-state index is 13.0. The van der Waals surface area contributed by atoms with Gasteiger partial charge in [-0.05, 0) is 30.3 Å². The topological polar surface area (TPSA) is 50.4 Å². The third kappa shape index (κ3) is 5.48. The Morgan fingerprint density at radius 1 is 1.08 bits per heavy atom. The maximum Gasteiger partial charge on any atom is 0.416 e. The minimum Gasteiger partial charge on any atom is -0.492 e. The van der Waals surface area contributed by atoms with Gasteiger partial charge in [-0.25, -0.2) is 13.6 Å². The fourth-order valence-corrected chi connectivity index (χ4v) is 2.03. The van der Waals surface area contributed by atoms with Gasteiger partial charge < -0.3 is 15.4 Å². The van der Waals surface area contributed by atoms with Gasteiger partial charge >= 0.3 is 12.2 Å². The zero-order valence-electron chi connectivity index (χ0n) is 13.0. The van der Waals surface area contributed by atoms with E-state index in [1.165, 1.54) is 6.07 Å². The zero-order valence-corrected chi connectivity index (χ0v) is 13.7. The van der Waals surface area contributed by atoms with Gasteiger partial charge in [0.1, 0.15) is 12.4 Å². The molecule has 0 heterocycles. The molecule has 0 saturated heterocycles. The number of amides is 2. The minimum absolute atomic E-state index is 0.0403. The van der Waals surface area contributed by atoms with Crippen molar-refractivity contribution in [2.45, 2.75) is 6.18 Å². The summed E-state index contributed by atoms with van der Waals surface area (Å²) in [5.41, 5.74) is -1.17. The van der Waals surface area contributed by atoms with Gasteiger partial charge in [-0.3, -0.25) is 0 Å². The number of carbonyl (C=O) groups excluding carboxylic acids is 1. The number of rotatable bonds is 5. The number of alkyl halides is 3. The standard InChI is InChI=1S/C16H12ClF5N2O2/c17-11-3-1-9(16(20,21)22)7-14(11)24-15(25)23-5-6-26-10-2-4-12(18)13(19)8-10/h1-4,7-8H,5-6H2,(H2,23,24,25). The Morgan fingerprint density at radius 2 is 1.81 bits per heavy atom. The van der Waals surface area contributed by atoms with Crippen LogP contribution in [-0.4, -0.2) is 19.2 Å². The normalized spacial score (nSPS) is 11.2. The molecule has 0 bridgehead atoms. The molecule has 2 aromatic rings. The molecule has 0 spiro atoms. The smallest absolute Gasteiger partial charge is 0.416 e. The molecule has 0 radical (unpaired) electrons. The lowest BCUT2D eigenvalue weighted by Gasteiger charge is -2.12. The second-order valence-electron chi connectivity index (χ2n) is 5.00. The largest absolute Gasteiger partial charge is 0.492 e. The van der Waals surface area contributed by atoms with Crippen LogP contribution >= 0.6 is 11.6 Å². The van der Waals surface area contributed by atoms with E-state index in [1.54, 1.807) is 0 Å². The highest BCUT2D eigenvalue weighted by molar-refractivity contribution is 6.33. The van der Waals surface area contributed by atoms with E-state index in [2.05, 4.69) is 10.6 Å². The van der Waals surface area contributed by atoms with Crippen LogP contribution in [0.4, 0.5) is 32.4 Å². The van der Waals surface area contributed by atoms with Crippen molar-refractivity contribution < 1.29 is 31.5 Å². The number of benzene rings is 2. The molecule has 2 aromatic carbocycles. The van der Waals surface area contributed by atoms with Crippen LogP contribution in [0.3, 0.4) is 0 Å². The molecular weight excluding hydrogens is 383 g/mol. The van der Waals surface area contributed by atoms with E-state index in [0.717, 1.165) is 24.3 Å². The van der Waals surface area contributed by atoms with Crippen LogP contribution in [0.1, 0.15) is 5.56 Å². The predicted molar refractivity (Wildman–Crippen MR) is 85.3 cm³/mol. The summed E-state index contributed by atoms with van der Waals surface area (Å²) in [6.45, 7) is -0.115. The molecular formula is C16H12ClF5N2O2. The van der Waals surface area contributed by atoms with Crippen molar-refractivity contribution in [3.05, 3.63) is 58.6 Å². The molecule has 0 fully saturated rings. The molecule has 4 nitrogen and oxygen atoms in total. The molecule has 2 rings (SSSR count). The summed E-state index contributed by atoms with van der Waals surface area (Å²) < 4.78 is 68.8. The lowest BCUT2D eigenvalue weighted by atomic mass is 10.2.